The van der Waals surface area contributed by atoms with Crippen molar-refractivity contribution in [2.24, 2.45) is 0 Å². The molecule has 22 nitrogen and oxygen atoms in total. The molecule has 15 N–H and O–H groups in total. The van der Waals surface area contributed by atoms with Gasteiger partial charge in [-0.2, -0.15) is 0 Å². The predicted molar refractivity (Wildman–Crippen MR) is 265 cm³/mol. The average molecular weight is 1540 g/mol. The van der Waals surface area contributed by atoms with Gasteiger partial charge in [-0.15, -0.1) is 0 Å². The van der Waals surface area contributed by atoms with Crippen LogP contribution < -0.4 is 31.9 Å². The van der Waals surface area contributed by atoms with Crippen molar-refractivity contribution in [1.82, 2.24) is 21.3 Å². The summed E-state index contributed by atoms with van der Waals surface area (Å²) in [5, 5.41) is 102. The topological polar surface area (TPSA) is 366 Å². The Labute approximate surface area is 428 Å². The zero-order valence-electron chi connectivity index (χ0n) is 31.3. The fraction of sp³-hybridized carbons (Fsp3) is 0.455. The molecule has 0 spiro atoms. The smallest absolute Gasteiger partial charge is 0.253 e. The van der Waals surface area contributed by atoms with Crippen molar-refractivity contribution in [2.45, 2.75) is 36.4 Å². The zero-order valence-corrected chi connectivity index (χ0v) is 44.2. The number of carbonyl (C=O) groups is 6. The van der Waals surface area contributed by atoms with Gasteiger partial charge in [0.1, 0.15) is 6.61 Å². The maximum Gasteiger partial charge on any atom is 0.253 e. The minimum absolute atomic E-state index is 0.0103. The molecule has 6 amide bonds. The first-order valence-corrected chi connectivity index (χ1v) is 23.6. The molecule has 0 heterocycles. The van der Waals surface area contributed by atoms with E-state index in [1.807, 2.05) is 0 Å². The van der Waals surface area contributed by atoms with Crippen LogP contribution in [0.4, 0.5) is 11.4 Å². The Hall–Kier alpha value is -0.760. The molecule has 0 fully saturated rings. The van der Waals surface area contributed by atoms with Crippen LogP contribution in [0.25, 0.3) is 0 Å². The molecule has 2 aromatic carbocycles. The summed E-state index contributed by atoms with van der Waals surface area (Å²) in [6.07, 6.45) is -4.75. The molecule has 0 radical (unpaired) electrons. The number of rotatable bonds is 22. The Morgan fingerprint density at radius 2 is 0.770 bits per heavy atom. The Kier molecular flexibility index (Phi) is 25.0. The van der Waals surface area contributed by atoms with E-state index in [-0.39, 0.29) is 55.0 Å². The standard InChI is InChI=1S/C33H40I6N6O16/c1-61-9-17(56)45-29-24(36)18(22(34)19(27(29)39)31(58)41-10(3-46)13(52)6-49)30(57)40-2-16(55)44-28-25(37)20(32(59)42-11(4-47)14(53)7-50)23(35)21(26(28)38)33(60)43-12(5-48)15(54)8-51/h10-15,46-54H,2-9H2,1H3,(H,40,57)(H,41,58)(H,42,59)(H,43,60)(H,44,55)(H,45,56). The van der Waals surface area contributed by atoms with Gasteiger partial charge in [-0.25, -0.2) is 0 Å². The van der Waals surface area contributed by atoms with Gasteiger partial charge in [-0.3, -0.25) is 28.8 Å². The van der Waals surface area contributed by atoms with Gasteiger partial charge in [0.05, 0.1) is 131 Å². The number of halogens is 6. The van der Waals surface area contributed by atoms with Gasteiger partial charge in [0.15, 0.2) is 0 Å². The third-order valence-electron chi connectivity index (χ3n) is 8.25. The number of hydrogen-bond acceptors (Lipinski definition) is 16. The normalized spacial score (nSPS) is 14.2. The van der Waals surface area contributed by atoms with Crippen LogP contribution in [0.1, 0.15) is 41.4 Å². The highest BCUT2D eigenvalue weighted by molar-refractivity contribution is 14.1. The molecule has 0 bridgehead atoms. The molecule has 2 aromatic rings. The number of benzene rings is 2. The molecule has 6 atom stereocenters. The van der Waals surface area contributed by atoms with Gasteiger partial charge in [-0.1, -0.05) is 0 Å². The fourth-order valence-corrected chi connectivity index (χ4v) is 13.8. The summed E-state index contributed by atoms with van der Waals surface area (Å²) in [6.45, 7) is -6.03. The first kappa shape index (κ1) is 56.4. The van der Waals surface area contributed by atoms with Crippen LogP contribution in [-0.4, -0.2) is 178 Å². The Morgan fingerprint density at radius 3 is 1.05 bits per heavy atom. The predicted octanol–water partition coefficient (Wildman–Crippen LogP) is -2.40. The molecule has 0 aliphatic rings. The lowest BCUT2D eigenvalue weighted by Gasteiger charge is -2.25. The van der Waals surface area contributed by atoms with E-state index in [9.17, 15) is 74.7 Å². The van der Waals surface area contributed by atoms with E-state index in [0.717, 1.165) is 0 Å². The number of amides is 6. The minimum Gasteiger partial charge on any atom is -0.394 e. The summed E-state index contributed by atoms with van der Waals surface area (Å²) >= 11 is 10.3. The number of aliphatic hydroxyl groups is 9. The van der Waals surface area contributed by atoms with E-state index in [4.69, 9.17) is 4.74 Å². The number of methoxy groups -OCH3 is 1. The van der Waals surface area contributed by atoms with Gasteiger partial charge < -0.3 is 82.6 Å². The Morgan fingerprint density at radius 1 is 0.475 bits per heavy atom. The maximum atomic E-state index is 13.9. The van der Waals surface area contributed by atoms with E-state index in [2.05, 4.69) is 31.9 Å². The molecule has 2 rings (SSSR count). The third-order valence-corrected chi connectivity index (χ3v) is 14.7. The Bertz CT molecular complexity index is 1910. The summed E-state index contributed by atoms with van der Waals surface area (Å²) in [5.74, 6) is -5.32. The van der Waals surface area contributed by atoms with E-state index in [1.54, 1.807) is 136 Å². The van der Waals surface area contributed by atoms with Crippen molar-refractivity contribution in [1.29, 1.82) is 0 Å². The van der Waals surface area contributed by atoms with Gasteiger partial charge in [0, 0.05) is 14.3 Å². The molecule has 6 unspecified atom stereocenters. The van der Waals surface area contributed by atoms with Crippen molar-refractivity contribution >= 4 is 182 Å². The second-order valence-corrected chi connectivity index (χ2v) is 18.9. The molecule has 0 aliphatic heterocycles. The van der Waals surface area contributed by atoms with Gasteiger partial charge in [0.25, 0.3) is 23.6 Å². The van der Waals surface area contributed by atoms with Crippen LogP contribution in [0.15, 0.2) is 0 Å². The summed E-state index contributed by atoms with van der Waals surface area (Å²) < 4.78 is 5.23. The second kappa shape index (κ2) is 27.0. The van der Waals surface area contributed by atoms with Gasteiger partial charge >= 0.3 is 0 Å². The lowest BCUT2D eigenvalue weighted by molar-refractivity contribution is -0.119. The summed E-state index contributed by atoms with van der Waals surface area (Å²) in [4.78, 5) is 81.1. The zero-order chi connectivity index (χ0) is 46.5. The molecule has 0 aromatic heterocycles. The molecule has 0 aliphatic carbocycles. The quantitative estimate of drug-likeness (QED) is 0.0547. The van der Waals surface area contributed by atoms with E-state index in [1.165, 1.54) is 7.11 Å². The van der Waals surface area contributed by atoms with Crippen LogP contribution in [0.2, 0.25) is 0 Å². The monoisotopic (exact) mass is 1540 g/mol. The van der Waals surface area contributed by atoms with Crippen LogP contribution in [0, 0.1) is 21.4 Å². The lowest BCUT2D eigenvalue weighted by atomic mass is 10.1. The largest absolute Gasteiger partial charge is 0.394 e. The maximum absolute atomic E-state index is 13.9. The average Bonchev–Trinajstić information content (AvgIpc) is 3.22. The fourth-order valence-electron chi connectivity index (χ4n) is 4.98. The van der Waals surface area contributed by atoms with E-state index >= 15 is 0 Å². The molecule has 61 heavy (non-hydrogen) atoms. The summed E-state index contributed by atoms with van der Waals surface area (Å²) in [6, 6.07) is -4.07. The SMILES string of the molecule is COCC(=O)Nc1c(I)c(C(=O)NCC(=O)Nc2c(I)c(C(=O)NC(CO)C(O)CO)c(I)c(C(=O)NC(CO)C(O)CO)c2I)c(I)c(C(=O)NC(CO)C(O)CO)c1I. The Balaban J connectivity index is 2.68. The van der Waals surface area contributed by atoms with Crippen molar-refractivity contribution in [3.63, 3.8) is 0 Å². The number of aliphatic hydroxyl groups excluding tert-OH is 9. The highest BCUT2D eigenvalue weighted by atomic mass is 127. The number of ether oxygens (including phenoxy) is 1. The molecular weight excluding hydrogens is 1500 g/mol. The molecule has 340 valence electrons. The third kappa shape index (κ3) is 14.6. The lowest BCUT2D eigenvalue weighted by Crippen LogP contribution is -2.48. The number of carbonyl (C=O) groups excluding carboxylic acids is 6. The molecule has 28 heteroatoms. The van der Waals surface area contributed by atoms with Gasteiger partial charge in [0.2, 0.25) is 11.8 Å². The van der Waals surface area contributed by atoms with E-state index in [0.29, 0.717) is 0 Å². The van der Waals surface area contributed by atoms with Crippen LogP contribution in [0.3, 0.4) is 0 Å². The first-order chi connectivity index (χ1) is 28.7. The van der Waals surface area contributed by atoms with Crippen LogP contribution >= 0.6 is 136 Å². The number of anilines is 2. The van der Waals surface area contributed by atoms with Crippen molar-refractivity contribution < 1.29 is 79.5 Å². The second-order valence-electron chi connectivity index (χ2n) is 12.4. The summed E-state index contributed by atoms with van der Waals surface area (Å²) in [7, 11) is 1.27. The summed E-state index contributed by atoms with van der Waals surface area (Å²) in [5.41, 5.74) is -0.965. The molecule has 0 saturated carbocycles. The van der Waals surface area contributed by atoms with Crippen LogP contribution in [-0.2, 0) is 14.3 Å². The van der Waals surface area contributed by atoms with Crippen molar-refractivity contribution in [3.05, 3.63) is 43.7 Å². The molecule has 0 saturated heterocycles. The van der Waals surface area contributed by atoms with Crippen LogP contribution in [0.5, 0.6) is 0 Å². The van der Waals surface area contributed by atoms with Gasteiger partial charge in [-0.05, 0) is 136 Å². The first-order valence-electron chi connectivity index (χ1n) is 17.1. The molecular formula is C33H40I6N6O16. The highest BCUT2D eigenvalue weighted by Crippen LogP contribution is 2.37. The minimum atomic E-state index is -1.59. The number of hydrogen-bond donors (Lipinski definition) is 15. The van der Waals surface area contributed by atoms with Crippen molar-refractivity contribution in [3.8, 4) is 0 Å². The number of nitrogens with one attached hydrogen (secondary N) is 6. The van der Waals surface area contributed by atoms with E-state index < -0.39 is 125 Å². The highest BCUT2D eigenvalue weighted by Gasteiger charge is 2.34. The van der Waals surface area contributed by atoms with Crippen molar-refractivity contribution in [2.75, 3.05) is 70.5 Å².